The fourth-order valence-electron chi connectivity index (χ4n) is 2.34. The summed E-state index contributed by atoms with van der Waals surface area (Å²) in [6.07, 6.45) is 3.28. The number of hydrogen-bond donors (Lipinski definition) is 2. The van der Waals surface area contributed by atoms with Crippen LogP contribution in [0.25, 0.3) is 0 Å². The number of amides is 2. The van der Waals surface area contributed by atoms with Gasteiger partial charge in [-0.25, -0.2) is 0 Å². The Morgan fingerprint density at radius 2 is 1.57 bits per heavy atom. The van der Waals surface area contributed by atoms with Crippen molar-refractivity contribution in [3.63, 3.8) is 0 Å². The fraction of sp³-hybridized carbons (Fsp3) is 0.467. The molecule has 1 aliphatic heterocycles. The number of imide groups is 1. The molecule has 0 radical (unpaired) electrons. The molecule has 0 atom stereocenters. The molecule has 1 aliphatic rings. The molecule has 4 N–H and O–H groups in total. The number of carbonyl (C=O) groups is 2. The lowest BCUT2D eigenvalue weighted by Crippen LogP contribution is -2.29. The average Bonchev–Trinajstić information content (AvgIpc) is 2.73. The van der Waals surface area contributed by atoms with E-state index in [-0.39, 0.29) is 11.8 Å². The van der Waals surface area contributed by atoms with Gasteiger partial charge in [-0.2, -0.15) is 0 Å². The molecule has 0 aromatic heterocycles. The molecule has 1 saturated heterocycles. The first-order valence-corrected chi connectivity index (χ1v) is 7.18. The smallest absolute Gasteiger partial charge is 0.229 e. The first kappa shape index (κ1) is 15.2. The van der Waals surface area contributed by atoms with Gasteiger partial charge in [-0.05, 0) is 25.3 Å². The molecule has 1 aromatic rings. The van der Waals surface area contributed by atoms with Crippen LogP contribution in [-0.2, 0) is 9.59 Å². The maximum Gasteiger partial charge on any atom is 0.229 e. The number of hydrogen-bond acceptors (Lipinski definition) is 5. The number of rotatable bonds is 7. The lowest BCUT2D eigenvalue weighted by molar-refractivity contribution is -0.138. The third kappa shape index (κ3) is 4.37. The van der Waals surface area contributed by atoms with Crippen LogP contribution < -0.4 is 16.2 Å². The van der Waals surface area contributed by atoms with Crippen LogP contribution in [0.15, 0.2) is 18.2 Å². The first-order valence-electron chi connectivity index (χ1n) is 7.18. The summed E-state index contributed by atoms with van der Waals surface area (Å²) in [5.74, 6) is 0.565. The molecule has 2 amide bonds. The molecule has 114 valence electrons. The van der Waals surface area contributed by atoms with Gasteiger partial charge in [0.15, 0.2) is 0 Å². The number of ether oxygens (including phenoxy) is 1. The van der Waals surface area contributed by atoms with Gasteiger partial charge in [-0.15, -0.1) is 0 Å². The topological polar surface area (TPSA) is 98.6 Å². The second-order valence-electron chi connectivity index (χ2n) is 5.18. The van der Waals surface area contributed by atoms with Crippen molar-refractivity contribution in [2.24, 2.45) is 0 Å². The van der Waals surface area contributed by atoms with Crippen LogP contribution in [0.4, 0.5) is 11.4 Å². The van der Waals surface area contributed by atoms with Crippen LogP contribution in [-0.4, -0.2) is 29.9 Å². The Bertz CT molecular complexity index is 495. The molecule has 0 saturated carbocycles. The van der Waals surface area contributed by atoms with Crippen LogP contribution in [0.3, 0.4) is 0 Å². The highest BCUT2D eigenvalue weighted by molar-refractivity contribution is 6.01. The van der Waals surface area contributed by atoms with Gasteiger partial charge in [0.25, 0.3) is 0 Å². The molecule has 0 unspecified atom stereocenters. The maximum atomic E-state index is 11.4. The zero-order chi connectivity index (χ0) is 15.2. The largest absolute Gasteiger partial charge is 0.493 e. The van der Waals surface area contributed by atoms with Gasteiger partial charge in [0.2, 0.25) is 11.8 Å². The summed E-state index contributed by atoms with van der Waals surface area (Å²) in [6, 6.07) is 5.15. The Morgan fingerprint density at radius 3 is 2.19 bits per heavy atom. The van der Waals surface area contributed by atoms with E-state index >= 15 is 0 Å². The van der Waals surface area contributed by atoms with Crippen molar-refractivity contribution < 1.29 is 14.3 Å². The molecule has 2 rings (SSSR count). The minimum atomic E-state index is -0.0496. The summed E-state index contributed by atoms with van der Waals surface area (Å²) >= 11 is 0. The third-order valence-corrected chi connectivity index (χ3v) is 3.40. The zero-order valence-corrected chi connectivity index (χ0v) is 12.0. The predicted molar refractivity (Wildman–Crippen MR) is 80.6 cm³/mol. The van der Waals surface area contributed by atoms with Crippen molar-refractivity contribution >= 4 is 23.2 Å². The van der Waals surface area contributed by atoms with Crippen molar-refractivity contribution in [3.05, 3.63) is 18.2 Å². The number of nitrogens with zero attached hydrogens (tertiary/aromatic N) is 1. The Balaban J connectivity index is 1.62. The first-order chi connectivity index (χ1) is 10.1. The predicted octanol–water partition coefficient (Wildman–Crippen LogP) is 1.55. The molecule has 0 aliphatic carbocycles. The lowest BCUT2D eigenvalue weighted by atomic mass is 10.2. The number of carbonyl (C=O) groups excluding carboxylic acids is 2. The Hall–Kier alpha value is -2.24. The second kappa shape index (κ2) is 6.97. The standard InChI is InChI=1S/C15H21N3O3/c16-11-8-12(17)10-13(9-11)21-7-3-1-2-6-18-14(19)4-5-15(18)20/h8-10H,1-7,16-17H2. The highest BCUT2D eigenvalue weighted by atomic mass is 16.5. The van der Waals surface area contributed by atoms with E-state index in [4.69, 9.17) is 16.2 Å². The molecule has 6 heteroatoms. The summed E-state index contributed by atoms with van der Waals surface area (Å²) in [5, 5.41) is 0. The summed E-state index contributed by atoms with van der Waals surface area (Å²) in [5.41, 5.74) is 12.5. The van der Waals surface area contributed by atoms with Gasteiger partial charge in [-0.1, -0.05) is 0 Å². The van der Waals surface area contributed by atoms with Gasteiger partial charge in [0.05, 0.1) is 6.61 Å². The molecule has 0 bridgehead atoms. The van der Waals surface area contributed by atoms with E-state index in [1.807, 2.05) is 0 Å². The normalized spacial score (nSPS) is 14.8. The molecule has 1 aromatic carbocycles. The molecule has 1 heterocycles. The van der Waals surface area contributed by atoms with Crippen molar-refractivity contribution in [1.29, 1.82) is 0 Å². The second-order valence-corrected chi connectivity index (χ2v) is 5.18. The number of nitrogens with two attached hydrogens (primary N) is 2. The van der Waals surface area contributed by atoms with Crippen LogP contribution in [0, 0.1) is 0 Å². The van der Waals surface area contributed by atoms with Gasteiger partial charge < -0.3 is 16.2 Å². The molecule has 21 heavy (non-hydrogen) atoms. The van der Waals surface area contributed by atoms with E-state index in [1.165, 1.54) is 4.90 Å². The van der Waals surface area contributed by atoms with Crippen LogP contribution in [0.1, 0.15) is 32.1 Å². The monoisotopic (exact) mass is 291 g/mol. The number of likely N-dealkylation sites (tertiary alicyclic amines) is 1. The minimum Gasteiger partial charge on any atom is -0.493 e. The quantitative estimate of drug-likeness (QED) is 0.451. The minimum absolute atomic E-state index is 0.0496. The summed E-state index contributed by atoms with van der Waals surface area (Å²) < 4.78 is 5.57. The van der Waals surface area contributed by atoms with E-state index in [1.54, 1.807) is 18.2 Å². The lowest BCUT2D eigenvalue weighted by Gasteiger charge is -2.13. The fourth-order valence-corrected chi connectivity index (χ4v) is 2.34. The maximum absolute atomic E-state index is 11.4. The number of benzene rings is 1. The van der Waals surface area contributed by atoms with Crippen molar-refractivity contribution in [2.75, 3.05) is 24.6 Å². The Morgan fingerprint density at radius 1 is 0.952 bits per heavy atom. The van der Waals surface area contributed by atoms with E-state index < -0.39 is 0 Å². The van der Waals surface area contributed by atoms with Crippen LogP contribution >= 0.6 is 0 Å². The van der Waals surface area contributed by atoms with Crippen molar-refractivity contribution in [2.45, 2.75) is 32.1 Å². The van der Waals surface area contributed by atoms with E-state index in [9.17, 15) is 9.59 Å². The van der Waals surface area contributed by atoms with Gasteiger partial charge in [0, 0.05) is 42.9 Å². The zero-order valence-electron chi connectivity index (χ0n) is 12.0. The van der Waals surface area contributed by atoms with Gasteiger partial charge in [-0.3, -0.25) is 14.5 Å². The molecule has 1 fully saturated rings. The van der Waals surface area contributed by atoms with Gasteiger partial charge >= 0.3 is 0 Å². The summed E-state index contributed by atoms with van der Waals surface area (Å²) in [6.45, 7) is 1.08. The van der Waals surface area contributed by atoms with E-state index in [0.29, 0.717) is 43.1 Å². The summed E-state index contributed by atoms with van der Waals surface area (Å²) in [4.78, 5) is 24.2. The molecule has 0 spiro atoms. The number of nitrogen functional groups attached to an aromatic ring is 2. The SMILES string of the molecule is Nc1cc(N)cc(OCCCCCN2C(=O)CCC2=O)c1. The van der Waals surface area contributed by atoms with Crippen molar-refractivity contribution in [3.8, 4) is 5.75 Å². The Labute approximate surface area is 124 Å². The molecule has 6 nitrogen and oxygen atoms in total. The van der Waals surface area contributed by atoms with Crippen LogP contribution in [0.5, 0.6) is 5.75 Å². The number of anilines is 2. The van der Waals surface area contributed by atoms with Crippen LogP contribution in [0.2, 0.25) is 0 Å². The summed E-state index contributed by atoms with van der Waals surface area (Å²) in [7, 11) is 0. The highest BCUT2D eigenvalue weighted by Crippen LogP contribution is 2.20. The average molecular weight is 291 g/mol. The van der Waals surface area contributed by atoms with Gasteiger partial charge in [0.1, 0.15) is 5.75 Å². The Kier molecular flexibility index (Phi) is 5.03. The molecular formula is C15H21N3O3. The van der Waals surface area contributed by atoms with E-state index in [0.717, 1.165) is 19.3 Å². The number of unbranched alkanes of at least 4 members (excludes halogenated alkanes) is 2. The molecular weight excluding hydrogens is 270 g/mol. The highest BCUT2D eigenvalue weighted by Gasteiger charge is 2.27. The third-order valence-electron chi connectivity index (χ3n) is 3.40. The van der Waals surface area contributed by atoms with Crippen molar-refractivity contribution in [1.82, 2.24) is 4.90 Å². The van der Waals surface area contributed by atoms with E-state index in [2.05, 4.69) is 0 Å².